The summed E-state index contributed by atoms with van der Waals surface area (Å²) in [7, 11) is 0. The smallest absolute Gasteiger partial charge is 0.0851 e. The van der Waals surface area contributed by atoms with Crippen LogP contribution >= 0.6 is 0 Å². The second-order valence-corrected chi connectivity index (χ2v) is 3.75. The average molecular weight is 154 g/mol. The van der Waals surface area contributed by atoms with Crippen molar-refractivity contribution in [3.05, 3.63) is 11.6 Å². The highest BCUT2D eigenvalue weighted by molar-refractivity contribution is 5.17. The Morgan fingerprint density at radius 2 is 2.36 bits per heavy atom. The van der Waals surface area contributed by atoms with Crippen LogP contribution in [0.2, 0.25) is 0 Å². The van der Waals surface area contributed by atoms with Gasteiger partial charge in [0, 0.05) is 0 Å². The van der Waals surface area contributed by atoms with E-state index in [1.54, 1.807) is 0 Å². The second kappa shape index (κ2) is 2.98. The summed E-state index contributed by atoms with van der Waals surface area (Å²) in [6.07, 6.45) is 5.11. The summed E-state index contributed by atoms with van der Waals surface area (Å²) in [5.41, 5.74) is 0.686. The molecule has 0 heterocycles. The standard InChI is InChI=1S/C10H18O/c1-4-10(11)6-5-8(2)7-9(10)3/h7-8,11H,4-6H2,1-3H3/t8-,10+/m1/s1. The van der Waals surface area contributed by atoms with E-state index in [0.717, 1.165) is 19.3 Å². The second-order valence-electron chi connectivity index (χ2n) is 3.75. The molecule has 0 aromatic rings. The summed E-state index contributed by atoms with van der Waals surface area (Å²) < 4.78 is 0. The lowest BCUT2D eigenvalue weighted by molar-refractivity contribution is 0.0527. The molecule has 0 aliphatic heterocycles. The fourth-order valence-corrected chi connectivity index (χ4v) is 1.78. The van der Waals surface area contributed by atoms with Gasteiger partial charge in [-0.1, -0.05) is 19.9 Å². The van der Waals surface area contributed by atoms with Crippen molar-refractivity contribution in [3.63, 3.8) is 0 Å². The molecule has 64 valence electrons. The highest BCUT2D eigenvalue weighted by Gasteiger charge is 2.30. The maximum Gasteiger partial charge on any atom is 0.0851 e. The summed E-state index contributed by atoms with van der Waals surface area (Å²) >= 11 is 0. The van der Waals surface area contributed by atoms with E-state index in [2.05, 4.69) is 13.0 Å². The number of allylic oxidation sites excluding steroid dienone is 1. The molecule has 0 bridgehead atoms. The first-order valence-electron chi connectivity index (χ1n) is 4.50. The van der Waals surface area contributed by atoms with Crippen LogP contribution in [0.15, 0.2) is 11.6 Å². The first-order chi connectivity index (χ1) is 5.08. The first kappa shape index (κ1) is 8.79. The molecule has 0 unspecified atom stereocenters. The molecule has 1 N–H and O–H groups in total. The molecule has 0 radical (unpaired) electrons. The van der Waals surface area contributed by atoms with Crippen LogP contribution in [0.4, 0.5) is 0 Å². The van der Waals surface area contributed by atoms with Crippen LogP contribution in [0, 0.1) is 5.92 Å². The first-order valence-corrected chi connectivity index (χ1v) is 4.50. The Balaban J connectivity index is 2.79. The van der Waals surface area contributed by atoms with Crippen molar-refractivity contribution in [2.45, 2.75) is 45.6 Å². The Morgan fingerprint density at radius 3 is 2.82 bits per heavy atom. The fraction of sp³-hybridized carbons (Fsp3) is 0.800. The molecule has 1 rings (SSSR count). The van der Waals surface area contributed by atoms with Crippen LogP contribution in [-0.2, 0) is 0 Å². The van der Waals surface area contributed by atoms with Crippen LogP contribution < -0.4 is 0 Å². The van der Waals surface area contributed by atoms with Gasteiger partial charge in [0.05, 0.1) is 5.60 Å². The van der Waals surface area contributed by atoms with Crippen LogP contribution in [-0.4, -0.2) is 10.7 Å². The van der Waals surface area contributed by atoms with Gasteiger partial charge in [-0.3, -0.25) is 0 Å². The van der Waals surface area contributed by atoms with Crippen molar-refractivity contribution < 1.29 is 5.11 Å². The third-order valence-corrected chi connectivity index (χ3v) is 2.87. The maximum absolute atomic E-state index is 10.00. The molecule has 1 aliphatic rings. The summed E-state index contributed by atoms with van der Waals surface area (Å²) in [6, 6.07) is 0. The van der Waals surface area contributed by atoms with Gasteiger partial charge in [-0.05, 0) is 37.7 Å². The van der Waals surface area contributed by atoms with Gasteiger partial charge in [0.2, 0.25) is 0 Å². The lowest BCUT2D eigenvalue weighted by atomic mass is 9.79. The van der Waals surface area contributed by atoms with Gasteiger partial charge in [0.1, 0.15) is 0 Å². The van der Waals surface area contributed by atoms with E-state index >= 15 is 0 Å². The zero-order valence-electron chi connectivity index (χ0n) is 7.72. The largest absolute Gasteiger partial charge is 0.386 e. The van der Waals surface area contributed by atoms with Gasteiger partial charge in [-0.25, -0.2) is 0 Å². The predicted molar refractivity (Wildman–Crippen MR) is 47.4 cm³/mol. The Bertz CT molecular complexity index is 172. The third-order valence-electron chi connectivity index (χ3n) is 2.87. The van der Waals surface area contributed by atoms with E-state index in [0.29, 0.717) is 5.92 Å². The minimum Gasteiger partial charge on any atom is -0.386 e. The van der Waals surface area contributed by atoms with E-state index in [-0.39, 0.29) is 0 Å². The molecule has 0 aromatic heterocycles. The molecule has 2 atom stereocenters. The van der Waals surface area contributed by atoms with E-state index in [1.807, 2.05) is 13.8 Å². The van der Waals surface area contributed by atoms with E-state index in [1.165, 1.54) is 5.57 Å². The fourth-order valence-electron chi connectivity index (χ4n) is 1.78. The molecule has 0 spiro atoms. The molecule has 0 amide bonds. The highest BCUT2D eigenvalue weighted by Crippen LogP contribution is 2.33. The molecule has 1 heteroatoms. The maximum atomic E-state index is 10.00. The van der Waals surface area contributed by atoms with Gasteiger partial charge in [-0.2, -0.15) is 0 Å². The number of aliphatic hydroxyl groups is 1. The van der Waals surface area contributed by atoms with E-state index in [4.69, 9.17) is 0 Å². The van der Waals surface area contributed by atoms with Crippen LogP contribution in [0.25, 0.3) is 0 Å². The zero-order valence-corrected chi connectivity index (χ0v) is 7.72. The normalized spacial score (nSPS) is 38.5. The number of hydrogen-bond acceptors (Lipinski definition) is 1. The lowest BCUT2D eigenvalue weighted by Gasteiger charge is -2.33. The molecule has 1 nitrogen and oxygen atoms in total. The summed E-state index contributed by atoms with van der Waals surface area (Å²) in [5, 5.41) is 10.00. The van der Waals surface area contributed by atoms with Crippen molar-refractivity contribution >= 4 is 0 Å². The SMILES string of the molecule is CC[C@]1(O)CC[C@@H](C)C=C1C. The van der Waals surface area contributed by atoms with Gasteiger partial charge in [0.25, 0.3) is 0 Å². The minimum atomic E-state index is -0.480. The lowest BCUT2D eigenvalue weighted by Crippen LogP contribution is -2.32. The van der Waals surface area contributed by atoms with Crippen molar-refractivity contribution in [1.82, 2.24) is 0 Å². The van der Waals surface area contributed by atoms with Crippen molar-refractivity contribution in [2.75, 3.05) is 0 Å². The van der Waals surface area contributed by atoms with Gasteiger partial charge in [0.15, 0.2) is 0 Å². The van der Waals surface area contributed by atoms with Crippen molar-refractivity contribution in [1.29, 1.82) is 0 Å². The summed E-state index contributed by atoms with van der Waals surface area (Å²) in [5.74, 6) is 0.654. The molecule has 0 fully saturated rings. The van der Waals surface area contributed by atoms with Crippen LogP contribution in [0.1, 0.15) is 40.0 Å². The van der Waals surface area contributed by atoms with Crippen molar-refractivity contribution in [3.8, 4) is 0 Å². The molecular formula is C10H18O. The Labute approximate surface area is 69.1 Å². The monoisotopic (exact) mass is 154 g/mol. The Morgan fingerprint density at radius 1 is 1.73 bits per heavy atom. The molecule has 11 heavy (non-hydrogen) atoms. The van der Waals surface area contributed by atoms with Crippen molar-refractivity contribution in [2.24, 2.45) is 5.92 Å². The quantitative estimate of drug-likeness (QED) is 0.575. The Hall–Kier alpha value is -0.300. The molecular weight excluding hydrogens is 136 g/mol. The van der Waals surface area contributed by atoms with E-state index < -0.39 is 5.60 Å². The minimum absolute atomic E-state index is 0.480. The molecule has 1 aliphatic carbocycles. The summed E-state index contributed by atoms with van der Waals surface area (Å²) in [6.45, 7) is 6.30. The van der Waals surface area contributed by atoms with Gasteiger partial charge in [-0.15, -0.1) is 0 Å². The predicted octanol–water partition coefficient (Wildman–Crippen LogP) is 2.50. The number of hydrogen-bond donors (Lipinski definition) is 1. The highest BCUT2D eigenvalue weighted by atomic mass is 16.3. The summed E-state index contributed by atoms with van der Waals surface area (Å²) in [4.78, 5) is 0. The van der Waals surface area contributed by atoms with Gasteiger partial charge >= 0.3 is 0 Å². The molecule has 0 saturated carbocycles. The topological polar surface area (TPSA) is 20.2 Å². The van der Waals surface area contributed by atoms with Crippen LogP contribution in [0.5, 0.6) is 0 Å². The zero-order chi connectivity index (χ0) is 8.48. The molecule has 0 saturated heterocycles. The molecule has 0 aromatic carbocycles. The third kappa shape index (κ3) is 1.64. The average Bonchev–Trinajstić information content (AvgIpc) is 1.98. The number of rotatable bonds is 1. The Kier molecular flexibility index (Phi) is 2.38. The van der Waals surface area contributed by atoms with E-state index in [9.17, 15) is 5.11 Å². The van der Waals surface area contributed by atoms with Crippen LogP contribution in [0.3, 0.4) is 0 Å². The van der Waals surface area contributed by atoms with Gasteiger partial charge < -0.3 is 5.11 Å².